The second-order valence-electron chi connectivity index (χ2n) is 4.87. The molecule has 0 saturated heterocycles. The SMILES string of the molecule is Cc1cc(C(N)Cc2ccc(C(F)(F)F)cc2)c(C)o1. The number of hydrogen-bond donors (Lipinski definition) is 1. The van der Waals surface area contributed by atoms with E-state index in [0.29, 0.717) is 6.42 Å². The highest BCUT2D eigenvalue weighted by Gasteiger charge is 2.30. The Labute approximate surface area is 115 Å². The fourth-order valence-electron chi connectivity index (χ4n) is 2.21. The third-order valence-corrected chi connectivity index (χ3v) is 3.22. The predicted molar refractivity (Wildman–Crippen MR) is 70.3 cm³/mol. The minimum absolute atomic E-state index is 0.288. The van der Waals surface area contributed by atoms with Crippen molar-refractivity contribution in [1.29, 1.82) is 0 Å². The van der Waals surface area contributed by atoms with E-state index in [4.69, 9.17) is 10.2 Å². The zero-order valence-corrected chi connectivity index (χ0v) is 11.3. The van der Waals surface area contributed by atoms with Gasteiger partial charge in [-0.25, -0.2) is 0 Å². The van der Waals surface area contributed by atoms with Crippen molar-refractivity contribution in [3.05, 3.63) is 58.5 Å². The monoisotopic (exact) mass is 283 g/mol. The van der Waals surface area contributed by atoms with Crippen molar-refractivity contribution in [3.8, 4) is 0 Å². The second kappa shape index (κ2) is 5.32. The Morgan fingerprint density at radius 2 is 1.75 bits per heavy atom. The molecule has 0 saturated carbocycles. The van der Waals surface area contributed by atoms with E-state index in [9.17, 15) is 13.2 Å². The lowest BCUT2D eigenvalue weighted by atomic mass is 9.99. The van der Waals surface area contributed by atoms with Crippen LogP contribution < -0.4 is 5.73 Å². The molecule has 1 aromatic heterocycles. The third kappa shape index (κ3) is 3.22. The molecular formula is C15H16F3NO. The van der Waals surface area contributed by atoms with E-state index in [0.717, 1.165) is 34.8 Å². The van der Waals surface area contributed by atoms with E-state index < -0.39 is 11.7 Å². The molecule has 0 amide bonds. The Hall–Kier alpha value is -1.75. The highest BCUT2D eigenvalue weighted by atomic mass is 19.4. The van der Waals surface area contributed by atoms with Gasteiger partial charge in [0.05, 0.1) is 5.56 Å². The summed E-state index contributed by atoms with van der Waals surface area (Å²) in [6.45, 7) is 3.66. The number of rotatable bonds is 3. The van der Waals surface area contributed by atoms with Gasteiger partial charge in [-0.05, 0) is 44.0 Å². The number of hydrogen-bond acceptors (Lipinski definition) is 2. The maximum atomic E-state index is 12.5. The number of nitrogens with two attached hydrogens (primary N) is 1. The van der Waals surface area contributed by atoms with E-state index in [1.54, 1.807) is 0 Å². The lowest BCUT2D eigenvalue weighted by Gasteiger charge is -2.12. The molecule has 5 heteroatoms. The average molecular weight is 283 g/mol. The molecule has 2 rings (SSSR count). The minimum atomic E-state index is -4.31. The van der Waals surface area contributed by atoms with Crippen LogP contribution in [0.1, 0.15) is 34.3 Å². The van der Waals surface area contributed by atoms with Gasteiger partial charge in [-0.2, -0.15) is 13.2 Å². The van der Waals surface area contributed by atoms with Crippen LogP contribution in [0.2, 0.25) is 0 Å². The Morgan fingerprint density at radius 1 is 1.15 bits per heavy atom. The second-order valence-corrected chi connectivity index (χ2v) is 4.87. The van der Waals surface area contributed by atoms with Gasteiger partial charge < -0.3 is 10.2 Å². The molecule has 1 heterocycles. The summed E-state index contributed by atoms with van der Waals surface area (Å²) in [5, 5.41) is 0. The summed E-state index contributed by atoms with van der Waals surface area (Å²) in [5.41, 5.74) is 7.09. The summed E-state index contributed by atoms with van der Waals surface area (Å²) < 4.78 is 42.8. The summed E-state index contributed by atoms with van der Waals surface area (Å²) >= 11 is 0. The molecule has 0 aliphatic rings. The molecule has 2 N–H and O–H groups in total. The number of furan rings is 1. The van der Waals surface area contributed by atoms with E-state index in [-0.39, 0.29) is 6.04 Å². The summed E-state index contributed by atoms with van der Waals surface area (Å²) in [7, 11) is 0. The van der Waals surface area contributed by atoms with Crippen molar-refractivity contribution >= 4 is 0 Å². The van der Waals surface area contributed by atoms with Crippen LogP contribution in [0.25, 0.3) is 0 Å². The topological polar surface area (TPSA) is 39.2 Å². The first-order valence-corrected chi connectivity index (χ1v) is 6.26. The lowest BCUT2D eigenvalue weighted by molar-refractivity contribution is -0.137. The van der Waals surface area contributed by atoms with Crippen molar-refractivity contribution in [1.82, 2.24) is 0 Å². The first kappa shape index (κ1) is 14.7. The molecule has 20 heavy (non-hydrogen) atoms. The quantitative estimate of drug-likeness (QED) is 0.918. The molecule has 1 atom stereocenters. The van der Waals surface area contributed by atoms with Gasteiger partial charge in [0.15, 0.2) is 0 Å². The third-order valence-electron chi connectivity index (χ3n) is 3.22. The smallest absolute Gasteiger partial charge is 0.416 e. The van der Waals surface area contributed by atoms with Crippen LogP contribution in [0.5, 0.6) is 0 Å². The van der Waals surface area contributed by atoms with Gasteiger partial charge in [0.25, 0.3) is 0 Å². The largest absolute Gasteiger partial charge is 0.466 e. The summed E-state index contributed by atoms with van der Waals surface area (Å²) in [5.74, 6) is 1.53. The van der Waals surface area contributed by atoms with Gasteiger partial charge in [-0.3, -0.25) is 0 Å². The van der Waals surface area contributed by atoms with Crippen LogP contribution >= 0.6 is 0 Å². The van der Waals surface area contributed by atoms with Crippen LogP contribution in [0.3, 0.4) is 0 Å². The number of alkyl halides is 3. The average Bonchev–Trinajstić information content (AvgIpc) is 2.68. The van der Waals surface area contributed by atoms with Gasteiger partial charge in [0.2, 0.25) is 0 Å². The minimum Gasteiger partial charge on any atom is -0.466 e. The molecule has 2 nitrogen and oxygen atoms in total. The predicted octanol–water partition coefficient (Wildman–Crippen LogP) is 4.16. The zero-order chi connectivity index (χ0) is 14.9. The van der Waals surface area contributed by atoms with Crippen molar-refractivity contribution in [2.24, 2.45) is 5.73 Å². The van der Waals surface area contributed by atoms with Gasteiger partial charge >= 0.3 is 6.18 Å². The van der Waals surface area contributed by atoms with Crippen molar-refractivity contribution < 1.29 is 17.6 Å². The van der Waals surface area contributed by atoms with Gasteiger partial charge in [-0.15, -0.1) is 0 Å². The molecule has 108 valence electrons. The Morgan fingerprint density at radius 3 is 2.20 bits per heavy atom. The molecule has 0 aliphatic carbocycles. The number of benzene rings is 1. The maximum absolute atomic E-state index is 12.5. The van der Waals surface area contributed by atoms with Crippen molar-refractivity contribution in [3.63, 3.8) is 0 Å². The first-order chi connectivity index (χ1) is 9.27. The van der Waals surface area contributed by atoms with E-state index >= 15 is 0 Å². The summed E-state index contributed by atoms with van der Waals surface area (Å²) in [6, 6.07) is 6.66. The van der Waals surface area contributed by atoms with Crippen LogP contribution in [0.4, 0.5) is 13.2 Å². The Balaban J connectivity index is 2.12. The Bertz CT molecular complexity index is 584. The molecule has 0 fully saturated rings. The van der Waals surface area contributed by atoms with E-state index in [1.807, 2.05) is 19.9 Å². The highest BCUT2D eigenvalue weighted by Crippen LogP contribution is 2.30. The van der Waals surface area contributed by atoms with Gasteiger partial charge in [0.1, 0.15) is 11.5 Å². The molecule has 1 aromatic carbocycles. The van der Waals surface area contributed by atoms with Crippen LogP contribution in [-0.4, -0.2) is 0 Å². The fourth-order valence-corrected chi connectivity index (χ4v) is 2.21. The molecule has 2 aromatic rings. The number of halogens is 3. The zero-order valence-electron chi connectivity index (χ0n) is 11.3. The van der Waals surface area contributed by atoms with Crippen LogP contribution in [0.15, 0.2) is 34.7 Å². The van der Waals surface area contributed by atoms with E-state index in [2.05, 4.69) is 0 Å². The molecule has 0 bridgehead atoms. The summed E-state index contributed by atoms with van der Waals surface area (Å²) in [4.78, 5) is 0. The fraction of sp³-hybridized carbons (Fsp3) is 0.333. The van der Waals surface area contributed by atoms with E-state index in [1.165, 1.54) is 12.1 Å². The van der Waals surface area contributed by atoms with Crippen LogP contribution in [0, 0.1) is 13.8 Å². The van der Waals surface area contributed by atoms with Gasteiger partial charge in [0, 0.05) is 11.6 Å². The molecule has 1 unspecified atom stereocenters. The molecule has 0 spiro atoms. The lowest BCUT2D eigenvalue weighted by Crippen LogP contribution is -2.14. The molecular weight excluding hydrogens is 267 g/mol. The normalized spacial score (nSPS) is 13.5. The van der Waals surface area contributed by atoms with Crippen molar-refractivity contribution in [2.45, 2.75) is 32.5 Å². The molecule has 0 aliphatic heterocycles. The Kier molecular flexibility index (Phi) is 3.90. The number of aryl methyl sites for hydroxylation is 2. The standard InChI is InChI=1S/C15H16F3NO/c1-9-7-13(10(2)20-9)14(19)8-11-3-5-12(6-4-11)15(16,17)18/h3-7,14H,8,19H2,1-2H3. The highest BCUT2D eigenvalue weighted by molar-refractivity contribution is 5.29. The van der Waals surface area contributed by atoms with Crippen molar-refractivity contribution in [2.75, 3.05) is 0 Å². The summed E-state index contributed by atoms with van der Waals surface area (Å²) in [6.07, 6.45) is -3.84. The van der Waals surface area contributed by atoms with Gasteiger partial charge in [-0.1, -0.05) is 12.1 Å². The first-order valence-electron chi connectivity index (χ1n) is 6.26. The molecule has 0 radical (unpaired) electrons. The maximum Gasteiger partial charge on any atom is 0.416 e. The van der Waals surface area contributed by atoms with Crippen LogP contribution in [-0.2, 0) is 12.6 Å².